The van der Waals surface area contributed by atoms with E-state index in [0.717, 1.165) is 60.0 Å². The van der Waals surface area contributed by atoms with Gasteiger partial charge in [0.25, 0.3) is 0 Å². The van der Waals surface area contributed by atoms with Gasteiger partial charge in [0.2, 0.25) is 0 Å². The number of guanidine groups is 1. The highest BCUT2D eigenvalue weighted by Gasteiger charge is 2.07. The first kappa shape index (κ1) is 20.7. The van der Waals surface area contributed by atoms with Crippen LogP contribution in [0.25, 0.3) is 0 Å². The number of aromatic nitrogens is 4. The number of thiazole rings is 1. The van der Waals surface area contributed by atoms with Crippen LogP contribution in [0.15, 0.2) is 4.99 Å². The van der Waals surface area contributed by atoms with E-state index >= 15 is 0 Å². The van der Waals surface area contributed by atoms with E-state index in [0.29, 0.717) is 6.54 Å². The number of hydrogen-bond acceptors (Lipinski definition) is 6. The maximum Gasteiger partial charge on any atom is 0.191 e. The second-order valence-electron chi connectivity index (χ2n) is 6.09. The lowest BCUT2D eigenvalue weighted by atomic mass is 10.4. The smallest absolute Gasteiger partial charge is 0.191 e. The minimum absolute atomic E-state index is 0.505. The lowest BCUT2D eigenvalue weighted by Crippen LogP contribution is -2.39. The van der Waals surface area contributed by atoms with Crippen molar-refractivity contribution in [2.24, 2.45) is 12.0 Å². The van der Waals surface area contributed by atoms with Crippen molar-refractivity contribution < 1.29 is 0 Å². The molecule has 0 spiro atoms. The van der Waals surface area contributed by atoms with Gasteiger partial charge in [-0.2, -0.15) is 11.8 Å². The fourth-order valence-corrected chi connectivity index (χ4v) is 3.64. The molecule has 2 aromatic rings. The number of nitrogens with zero attached hydrogens (tertiary/aromatic N) is 5. The molecule has 0 radical (unpaired) electrons. The Hall–Kier alpha value is -1.61. The zero-order valence-electron chi connectivity index (χ0n) is 16.3. The molecule has 0 aliphatic carbocycles. The van der Waals surface area contributed by atoms with Crippen LogP contribution in [0.2, 0.25) is 0 Å². The number of nitrogens with one attached hydrogen (secondary N) is 2. The van der Waals surface area contributed by atoms with Crippen LogP contribution in [-0.4, -0.2) is 50.8 Å². The zero-order valence-corrected chi connectivity index (χ0v) is 17.9. The van der Waals surface area contributed by atoms with Crippen molar-refractivity contribution in [1.82, 2.24) is 30.4 Å². The molecular weight excluding hydrogens is 366 g/mol. The van der Waals surface area contributed by atoms with Gasteiger partial charge in [-0.1, -0.05) is 0 Å². The molecule has 9 heteroatoms. The van der Waals surface area contributed by atoms with E-state index in [4.69, 9.17) is 0 Å². The maximum absolute atomic E-state index is 4.67. The summed E-state index contributed by atoms with van der Waals surface area (Å²) in [6.45, 7) is 8.33. The normalized spacial score (nSPS) is 11.8. The summed E-state index contributed by atoms with van der Waals surface area (Å²) in [6.07, 6.45) is 4.13. The van der Waals surface area contributed by atoms with Crippen molar-refractivity contribution in [3.05, 3.63) is 27.2 Å². The standard InChI is InChI=1S/C17H29N7S2/c1-12-13(2)26-16(21-12)7-9-19-17(18-8-6-10-25-5)20-11-15-23-22-14(3)24(15)4/h6-11H2,1-5H3,(H2,18,19,20). The molecule has 0 aliphatic heterocycles. The molecule has 0 saturated heterocycles. The first-order chi connectivity index (χ1) is 12.5. The number of hydrogen-bond donors (Lipinski definition) is 2. The Balaban J connectivity index is 1.91. The van der Waals surface area contributed by atoms with Crippen LogP contribution in [0.1, 0.15) is 33.6 Å². The van der Waals surface area contributed by atoms with Gasteiger partial charge < -0.3 is 15.2 Å². The van der Waals surface area contributed by atoms with Gasteiger partial charge in [0, 0.05) is 31.4 Å². The summed E-state index contributed by atoms with van der Waals surface area (Å²) in [5, 5.41) is 16.2. The summed E-state index contributed by atoms with van der Waals surface area (Å²) >= 11 is 3.63. The number of thioether (sulfide) groups is 1. The molecule has 0 aromatic carbocycles. The molecular formula is C17H29N7S2. The summed E-state index contributed by atoms with van der Waals surface area (Å²) in [5.74, 6) is 3.71. The highest BCUT2D eigenvalue weighted by molar-refractivity contribution is 7.98. The summed E-state index contributed by atoms with van der Waals surface area (Å²) in [7, 11) is 1.96. The lowest BCUT2D eigenvalue weighted by molar-refractivity contribution is 0.741. The van der Waals surface area contributed by atoms with Crippen molar-refractivity contribution in [2.75, 3.05) is 25.1 Å². The van der Waals surface area contributed by atoms with E-state index in [1.807, 2.05) is 30.3 Å². The molecule has 0 aliphatic rings. The fourth-order valence-electron chi connectivity index (χ4n) is 2.27. The fraction of sp³-hybridized carbons (Fsp3) is 0.647. The average molecular weight is 396 g/mol. The average Bonchev–Trinajstić information content (AvgIpc) is 3.11. The van der Waals surface area contributed by atoms with Crippen LogP contribution in [0.4, 0.5) is 0 Å². The van der Waals surface area contributed by atoms with Crippen LogP contribution in [0.3, 0.4) is 0 Å². The Labute approximate surface area is 164 Å². The minimum Gasteiger partial charge on any atom is -0.356 e. The first-order valence-electron chi connectivity index (χ1n) is 8.80. The molecule has 2 aromatic heterocycles. The Morgan fingerprint density at radius 3 is 2.58 bits per heavy atom. The number of aliphatic imine (C=N–C) groups is 1. The molecule has 7 nitrogen and oxygen atoms in total. The minimum atomic E-state index is 0.505. The largest absolute Gasteiger partial charge is 0.356 e. The van der Waals surface area contributed by atoms with Gasteiger partial charge in [-0.25, -0.2) is 9.98 Å². The van der Waals surface area contributed by atoms with Gasteiger partial charge >= 0.3 is 0 Å². The third-order valence-corrected chi connectivity index (χ3v) is 5.91. The Kier molecular flexibility index (Phi) is 8.37. The molecule has 0 atom stereocenters. The van der Waals surface area contributed by atoms with Crippen LogP contribution in [0.5, 0.6) is 0 Å². The third kappa shape index (κ3) is 6.28. The Morgan fingerprint density at radius 2 is 1.96 bits per heavy atom. The predicted octanol–water partition coefficient (Wildman–Crippen LogP) is 2.23. The van der Waals surface area contributed by atoms with Gasteiger partial charge in [0.15, 0.2) is 11.8 Å². The van der Waals surface area contributed by atoms with E-state index in [1.54, 1.807) is 11.3 Å². The van der Waals surface area contributed by atoms with Crippen molar-refractivity contribution >= 4 is 29.1 Å². The van der Waals surface area contributed by atoms with Crippen molar-refractivity contribution in [2.45, 2.75) is 40.2 Å². The molecule has 2 rings (SSSR count). The molecule has 0 fully saturated rings. The van der Waals surface area contributed by atoms with E-state index in [-0.39, 0.29) is 0 Å². The molecule has 26 heavy (non-hydrogen) atoms. The van der Waals surface area contributed by atoms with Crippen molar-refractivity contribution in [1.29, 1.82) is 0 Å². The number of rotatable bonds is 9. The first-order valence-corrected chi connectivity index (χ1v) is 11.0. The van der Waals surface area contributed by atoms with Crippen LogP contribution < -0.4 is 10.6 Å². The van der Waals surface area contributed by atoms with E-state index in [9.17, 15) is 0 Å². The molecule has 2 heterocycles. The summed E-state index contributed by atoms with van der Waals surface area (Å²) < 4.78 is 1.97. The van der Waals surface area contributed by atoms with Crippen LogP contribution >= 0.6 is 23.1 Å². The highest BCUT2D eigenvalue weighted by atomic mass is 32.2. The maximum atomic E-state index is 4.67. The quantitative estimate of drug-likeness (QED) is 0.385. The summed E-state index contributed by atoms with van der Waals surface area (Å²) in [6, 6.07) is 0. The molecule has 0 unspecified atom stereocenters. The van der Waals surface area contributed by atoms with E-state index < -0.39 is 0 Å². The van der Waals surface area contributed by atoms with E-state index in [1.165, 1.54) is 4.88 Å². The monoisotopic (exact) mass is 395 g/mol. The predicted molar refractivity (Wildman–Crippen MR) is 111 cm³/mol. The molecule has 144 valence electrons. The molecule has 0 saturated carbocycles. The molecule has 0 bridgehead atoms. The van der Waals surface area contributed by atoms with Crippen LogP contribution in [-0.2, 0) is 20.0 Å². The highest BCUT2D eigenvalue weighted by Crippen LogP contribution is 2.16. The van der Waals surface area contributed by atoms with Gasteiger partial charge in [-0.3, -0.25) is 0 Å². The van der Waals surface area contributed by atoms with Gasteiger partial charge in [-0.15, -0.1) is 21.5 Å². The third-order valence-electron chi connectivity index (χ3n) is 4.08. The number of aryl methyl sites for hydroxylation is 3. The van der Waals surface area contributed by atoms with Gasteiger partial charge in [-0.05, 0) is 39.2 Å². The van der Waals surface area contributed by atoms with Crippen molar-refractivity contribution in [3.8, 4) is 0 Å². The SMILES string of the molecule is CSCCCNC(=NCc1nnc(C)n1C)NCCc1nc(C)c(C)s1. The Morgan fingerprint density at radius 1 is 1.19 bits per heavy atom. The van der Waals surface area contributed by atoms with E-state index in [2.05, 4.69) is 50.9 Å². The molecule has 2 N–H and O–H groups in total. The van der Waals surface area contributed by atoms with Gasteiger partial charge in [0.1, 0.15) is 12.4 Å². The summed E-state index contributed by atoms with van der Waals surface area (Å²) in [4.78, 5) is 10.6. The van der Waals surface area contributed by atoms with Crippen LogP contribution in [0, 0.1) is 20.8 Å². The Bertz CT molecular complexity index is 701. The molecule has 0 amide bonds. The van der Waals surface area contributed by atoms with Crippen molar-refractivity contribution in [3.63, 3.8) is 0 Å². The zero-order chi connectivity index (χ0) is 18.9. The topological polar surface area (TPSA) is 80.0 Å². The second kappa shape index (κ2) is 10.5. The van der Waals surface area contributed by atoms with Gasteiger partial charge in [0.05, 0.1) is 10.7 Å². The lowest BCUT2D eigenvalue weighted by Gasteiger charge is -2.12. The second-order valence-corrected chi connectivity index (χ2v) is 8.36. The summed E-state index contributed by atoms with van der Waals surface area (Å²) in [5.41, 5.74) is 1.13.